The van der Waals surface area contributed by atoms with E-state index in [4.69, 9.17) is 36.7 Å². The zero-order valence-electron chi connectivity index (χ0n) is 24.8. The SMILES string of the molecule is C=c1c2ccc3c4ccc5c6c(ccc(c7ccc(c(=S)n1[C@@H](C)CCCC)c2c37)c64)C(=S)N([C@@H](C)CCCC)C5=S. The number of aromatic nitrogens is 1. The molecule has 0 fully saturated rings. The Morgan fingerprint density at radius 1 is 0.595 bits per heavy atom. The highest BCUT2D eigenvalue weighted by Gasteiger charge is 2.32. The molecule has 212 valence electrons. The maximum atomic E-state index is 6.18. The van der Waals surface area contributed by atoms with Crippen molar-refractivity contribution in [3.05, 3.63) is 69.6 Å². The van der Waals surface area contributed by atoms with E-state index in [1.807, 2.05) is 0 Å². The van der Waals surface area contributed by atoms with Crippen molar-refractivity contribution >= 4 is 107 Å². The van der Waals surface area contributed by atoms with E-state index in [-0.39, 0.29) is 6.04 Å². The van der Waals surface area contributed by atoms with E-state index in [1.165, 1.54) is 74.2 Å². The zero-order chi connectivity index (χ0) is 29.4. The van der Waals surface area contributed by atoms with Crippen LogP contribution in [0.25, 0.3) is 60.4 Å². The Morgan fingerprint density at radius 2 is 1.02 bits per heavy atom. The van der Waals surface area contributed by atoms with E-state index in [9.17, 15) is 0 Å². The van der Waals surface area contributed by atoms with Gasteiger partial charge >= 0.3 is 0 Å². The number of thiocarbonyl (C=S) groups is 2. The number of hydrogen-bond acceptors (Lipinski definition) is 3. The van der Waals surface area contributed by atoms with Gasteiger partial charge in [0.2, 0.25) is 0 Å². The fourth-order valence-corrected chi connectivity index (χ4v) is 8.92. The number of rotatable bonds is 8. The predicted octanol–water partition coefficient (Wildman–Crippen LogP) is 10.5. The second-order valence-electron chi connectivity index (χ2n) is 12.2. The minimum absolute atomic E-state index is 0.276. The van der Waals surface area contributed by atoms with Crippen LogP contribution in [0.2, 0.25) is 0 Å². The third-order valence-electron chi connectivity index (χ3n) is 9.68. The first-order valence-electron chi connectivity index (χ1n) is 15.4. The smallest absolute Gasteiger partial charge is 0.115 e. The van der Waals surface area contributed by atoms with Crippen LogP contribution < -0.4 is 5.35 Å². The summed E-state index contributed by atoms with van der Waals surface area (Å²) in [6.07, 6.45) is 6.87. The first-order valence-corrected chi connectivity index (χ1v) is 16.6. The van der Waals surface area contributed by atoms with E-state index >= 15 is 0 Å². The summed E-state index contributed by atoms with van der Waals surface area (Å²) in [5, 5.41) is 13.3. The summed E-state index contributed by atoms with van der Waals surface area (Å²) in [7, 11) is 0. The number of hydrogen-bond donors (Lipinski definition) is 0. The molecular weight excluding hydrogens is 569 g/mol. The van der Waals surface area contributed by atoms with Gasteiger partial charge in [0, 0.05) is 50.1 Å². The van der Waals surface area contributed by atoms with Crippen LogP contribution in [-0.4, -0.2) is 25.5 Å². The van der Waals surface area contributed by atoms with Crippen molar-refractivity contribution in [1.29, 1.82) is 0 Å². The molecule has 42 heavy (non-hydrogen) atoms. The van der Waals surface area contributed by atoms with Crippen molar-refractivity contribution in [2.75, 3.05) is 0 Å². The lowest BCUT2D eigenvalue weighted by Gasteiger charge is -2.37. The van der Waals surface area contributed by atoms with E-state index in [0.29, 0.717) is 6.04 Å². The predicted molar refractivity (Wildman–Crippen MR) is 193 cm³/mol. The highest BCUT2D eigenvalue weighted by molar-refractivity contribution is 7.82. The van der Waals surface area contributed by atoms with Gasteiger partial charge in [-0.25, -0.2) is 0 Å². The molecule has 5 heteroatoms. The lowest BCUT2D eigenvalue weighted by Crippen LogP contribution is -2.44. The minimum atomic E-state index is 0.276. The molecule has 0 aliphatic carbocycles. The first-order chi connectivity index (χ1) is 20.3. The van der Waals surface area contributed by atoms with Crippen molar-refractivity contribution in [1.82, 2.24) is 9.47 Å². The monoisotopic (exact) mass is 604 g/mol. The lowest BCUT2D eigenvalue weighted by atomic mass is 9.84. The molecule has 1 aliphatic heterocycles. The van der Waals surface area contributed by atoms with Crippen LogP contribution in [-0.2, 0) is 0 Å². The van der Waals surface area contributed by atoms with Gasteiger partial charge in [0.05, 0.1) is 0 Å². The summed E-state index contributed by atoms with van der Waals surface area (Å²) < 4.78 is 3.19. The molecule has 1 aromatic heterocycles. The molecular formula is C37H36N2S3. The van der Waals surface area contributed by atoms with Gasteiger partial charge in [0.1, 0.15) is 14.6 Å². The normalized spacial score (nSPS) is 15.3. The van der Waals surface area contributed by atoms with Crippen molar-refractivity contribution in [3.8, 4) is 0 Å². The molecule has 2 atom stereocenters. The minimum Gasteiger partial charge on any atom is -0.329 e. The van der Waals surface area contributed by atoms with Crippen molar-refractivity contribution in [3.63, 3.8) is 0 Å². The molecule has 2 nitrogen and oxygen atoms in total. The molecule has 0 saturated carbocycles. The topological polar surface area (TPSA) is 8.17 Å². The number of nitrogens with zero attached hydrogens (tertiary/aromatic N) is 2. The second kappa shape index (κ2) is 10.3. The fraction of sp³-hybridized carbons (Fsp3) is 0.324. The third kappa shape index (κ3) is 3.76. The average Bonchev–Trinajstić information content (AvgIpc) is 2.99. The lowest BCUT2D eigenvalue weighted by molar-refractivity contribution is 0.434. The molecule has 0 N–H and O–H groups in total. The Balaban J connectivity index is 1.54. The highest BCUT2D eigenvalue weighted by atomic mass is 32.1. The average molecular weight is 605 g/mol. The molecule has 1 aliphatic rings. The third-order valence-corrected chi connectivity index (χ3v) is 10.9. The van der Waals surface area contributed by atoms with Crippen LogP contribution in [0.3, 0.4) is 0 Å². The van der Waals surface area contributed by atoms with Gasteiger partial charge in [-0.3, -0.25) is 0 Å². The summed E-state index contributed by atoms with van der Waals surface area (Å²) in [4.78, 5) is 3.94. The van der Waals surface area contributed by atoms with E-state index in [0.717, 1.165) is 49.3 Å². The van der Waals surface area contributed by atoms with Crippen LogP contribution in [0.5, 0.6) is 0 Å². The van der Waals surface area contributed by atoms with Gasteiger partial charge in [0.25, 0.3) is 0 Å². The van der Waals surface area contributed by atoms with Gasteiger partial charge in [-0.2, -0.15) is 0 Å². The van der Waals surface area contributed by atoms with Gasteiger partial charge in [0.15, 0.2) is 0 Å². The molecule has 2 heterocycles. The Bertz CT molecular complexity index is 2060. The Labute approximate surface area is 263 Å². The Morgan fingerprint density at radius 3 is 1.57 bits per heavy atom. The molecule has 7 rings (SSSR count). The molecule has 0 spiro atoms. The van der Waals surface area contributed by atoms with Gasteiger partial charge in [-0.05, 0) is 59.0 Å². The van der Waals surface area contributed by atoms with Crippen molar-refractivity contribution in [2.45, 2.75) is 78.3 Å². The first kappa shape index (κ1) is 27.8. The van der Waals surface area contributed by atoms with Crippen LogP contribution in [0.4, 0.5) is 0 Å². The molecule has 0 radical (unpaired) electrons. The second-order valence-corrected chi connectivity index (χ2v) is 13.4. The number of pyridine rings is 1. The highest BCUT2D eigenvalue weighted by Crippen LogP contribution is 2.46. The van der Waals surface area contributed by atoms with Crippen LogP contribution in [0, 0.1) is 4.64 Å². The van der Waals surface area contributed by atoms with Crippen LogP contribution >= 0.6 is 36.7 Å². The number of unbranched alkanes of at least 4 members (excludes halogenated alkanes) is 2. The molecule has 0 unspecified atom stereocenters. The summed E-state index contributed by atoms with van der Waals surface area (Å²) >= 11 is 18.5. The van der Waals surface area contributed by atoms with Gasteiger partial charge in [-0.1, -0.05) is 131 Å². The largest absolute Gasteiger partial charge is 0.329 e. The van der Waals surface area contributed by atoms with Crippen LogP contribution in [0.15, 0.2) is 48.5 Å². The molecule has 5 aromatic carbocycles. The Hall–Kier alpha value is -2.99. The van der Waals surface area contributed by atoms with E-state index in [1.54, 1.807) is 0 Å². The van der Waals surface area contributed by atoms with Crippen molar-refractivity contribution < 1.29 is 0 Å². The maximum absolute atomic E-state index is 6.18. The number of benzene rings is 5. The van der Waals surface area contributed by atoms with Gasteiger partial charge in [-0.15, -0.1) is 0 Å². The zero-order valence-corrected chi connectivity index (χ0v) is 27.3. The summed E-state index contributed by atoms with van der Waals surface area (Å²) in [6.45, 7) is 13.6. The van der Waals surface area contributed by atoms with Gasteiger partial charge < -0.3 is 9.47 Å². The standard InChI is InChI=1S/C37H36N2S3/c1-6-8-10-20(3)38-22(5)23-12-13-24-26-15-18-29-34-30(37(42)39(36(29)41)21(4)11-9-7-2)19-16-27(33(26)34)25-14-17-28(35(38)40)31(23)32(24)25/h12-21H,5-11H2,1-4H3/t20-,21-/m0/s1. The Kier molecular flexibility index (Phi) is 6.84. The fourth-order valence-electron chi connectivity index (χ4n) is 7.52. The molecule has 0 saturated heterocycles. The molecule has 6 aromatic rings. The maximum Gasteiger partial charge on any atom is 0.115 e. The van der Waals surface area contributed by atoms with Crippen LogP contribution in [0.1, 0.15) is 83.4 Å². The van der Waals surface area contributed by atoms with Crippen molar-refractivity contribution in [2.24, 2.45) is 0 Å². The molecule has 0 bridgehead atoms. The summed E-state index contributed by atoms with van der Waals surface area (Å²) in [6, 6.07) is 18.7. The summed E-state index contributed by atoms with van der Waals surface area (Å²) in [5.74, 6) is 0. The summed E-state index contributed by atoms with van der Waals surface area (Å²) in [5.41, 5.74) is 2.25. The van der Waals surface area contributed by atoms with E-state index < -0.39 is 0 Å². The quantitative estimate of drug-likeness (QED) is 0.0969. The number of fused-ring (bicyclic) bond motifs is 2. The molecule has 0 amide bonds. The van der Waals surface area contributed by atoms with E-state index in [2.05, 4.69) is 92.3 Å².